The maximum Gasteiger partial charge on any atom is 0.255 e. The Hall–Kier alpha value is -0.980. The number of aliphatic hydroxyl groups excluding tert-OH is 1. The molecule has 1 atom stereocenters. The molecule has 1 unspecified atom stereocenters. The number of halogens is 2. The first-order chi connectivity index (χ1) is 8.63. The first-order valence-electron chi connectivity index (χ1n) is 5.59. The van der Waals surface area contributed by atoms with Crippen LogP contribution in [-0.4, -0.2) is 48.3 Å². The van der Waals surface area contributed by atoms with Gasteiger partial charge in [-0.25, -0.2) is 4.39 Å². The van der Waals surface area contributed by atoms with Crippen LogP contribution in [0.5, 0.6) is 0 Å². The number of hydrogen-bond acceptors (Lipinski definition) is 3. The second-order valence-corrected chi connectivity index (χ2v) is 4.82. The molecule has 2 rings (SSSR count). The number of ether oxygens (including phenoxy) is 1. The van der Waals surface area contributed by atoms with Gasteiger partial charge >= 0.3 is 0 Å². The maximum atomic E-state index is 13.4. The van der Waals surface area contributed by atoms with E-state index in [4.69, 9.17) is 9.84 Å². The summed E-state index contributed by atoms with van der Waals surface area (Å²) in [5.74, 6) is -0.726. The van der Waals surface area contributed by atoms with Gasteiger partial charge in [0.1, 0.15) is 5.82 Å². The number of rotatable bonds is 2. The van der Waals surface area contributed by atoms with E-state index in [1.807, 2.05) is 0 Å². The van der Waals surface area contributed by atoms with Gasteiger partial charge in [-0.3, -0.25) is 4.79 Å². The van der Waals surface area contributed by atoms with Gasteiger partial charge in [-0.2, -0.15) is 0 Å². The van der Waals surface area contributed by atoms with Gasteiger partial charge in [0.15, 0.2) is 0 Å². The Kier molecular flexibility index (Phi) is 4.31. The third-order valence-electron chi connectivity index (χ3n) is 2.81. The molecule has 1 fully saturated rings. The van der Waals surface area contributed by atoms with Gasteiger partial charge < -0.3 is 14.7 Å². The average molecular weight is 318 g/mol. The van der Waals surface area contributed by atoms with E-state index in [1.165, 1.54) is 12.1 Å². The fourth-order valence-corrected chi connectivity index (χ4v) is 2.29. The molecule has 1 N–H and O–H groups in total. The summed E-state index contributed by atoms with van der Waals surface area (Å²) in [7, 11) is 0. The van der Waals surface area contributed by atoms with Crippen LogP contribution >= 0.6 is 15.9 Å². The molecule has 0 aliphatic carbocycles. The molecule has 0 spiro atoms. The molecule has 18 heavy (non-hydrogen) atoms. The largest absolute Gasteiger partial charge is 0.394 e. The summed E-state index contributed by atoms with van der Waals surface area (Å²) < 4.78 is 18.8. The maximum absolute atomic E-state index is 13.4. The zero-order valence-corrected chi connectivity index (χ0v) is 11.2. The van der Waals surface area contributed by atoms with Crippen molar-refractivity contribution >= 4 is 21.8 Å². The number of carbonyl (C=O) groups excluding carboxylic acids is 1. The minimum absolute atomic E-state index is 0.131. The summed E-state index contributed by atoms with van der Waals surface area (Å²) in [4.78, 5) is 13.8. The molecule has 1 aliphatic heterocycles. The van der Waals surface area contributed by atoms with Crippen LogP contribution in [0.15, 0.2) is 22.7 Å². The molecule has 0 saturated carbocycles. The van der Waals surface area contributed by atoms with Crippen molar-refractivity contribution in [1.82, 2.24) is 4.90 Å². The van der Waals surface area contributed by atoms with E-state index in [1.54, 1.807) is 11.0 Å². The summed E-state index contributed by atoms with van der Waals surface area (Å²) in [6, 6.07) is 4.35. The number of morpholine rings is 1. The molecule has 0 bridgehead atoms. The molecule has 1 heterocycles. The Morgan fingerprint density at radius 3 is 3.11 bits per heavy atom. The van der Waals surface area contributed by atoms with E-state index >= 15 is 0 Å². The fourth-order valence-electron chi connectivity index (χ4n) is 1.85. The van der Waals surface area contributed by atoms with E-state index in [-0.39, 0.29) is 28.7 Å². The zero-order valence-electron chi connectivity index (χ0n) is 9.60. The zero-order chi connectivity index (χ0) is 13.1. The standard InChI is InChI=1S/C12H13BrFNO3/c13-11-9(2-1-3-10(11)14)12(17)15-4-5-18-8(6-15)7-16/h1-3,8,16H,4-7H2. The van der Waals surface area contributed by atoms with Gasteiger partial charge in [-0.15, -0.1) is 0 Å². The SMILES string of the molecule is O=C(c1cccc(F)c1Br)N1CCOC(CO)C1. The van der Waals surface area contributed by atoms with Gasteiger partial charge in [-0.05, 0) is 28.1 Å². The van der Waals surface area contributed by atoms with Crippen LogP contribution in [0.3, 0.4) is 0 Å². The minimum atomic E-state index is -0.465. The van der Waals surface area contributed by atoms with Crippen LogP contribution in [0.1, 0.15) is 10.4 Å². The van der Waals surface area contributed by atoms with Gasteiger partial charge in [-0.1, -0.05) is 6.07 Å². The van der Waals surface area contributed by atoms with Crippen molar-refractivity contribution in [3.63, 3.8) is 0 Å². The highest BCUT2D eigenvalue weighted by Crippen LogP contribution is 2.22. The quantitative estimate of drug-likeness (QED) is 0.897. The van der Waals surface area contributed by atoms with Gasteiger partial charge in [0.05, 0.1) is 29.4 Å². The van der Waals surface area contributed by atoms with Crippen molar-refractivity contribution in [3.05, 3.63) is 34.1 Å². The Labute approximate surface area is 112 Å². The lowest BCUT2D eigenvalue weighted by Crippen LogP contribution is -2.47. The van der Waals surface area contributed by atoms with E-state index in [2.05, 4.69) is 15.9 Å². The second kappa shape index (κ2) is 5.77. The lowest BCUT2D eigenvalue weighted by Gasteiger charge is -2.32. The minimum Gasteiger partial charge on any atom is -0.394 e. The van der Waals surface area contributed by atoms with Crippen LogP contribution in [0.2, 0.25) is 0 Å². The number of nitrogens with zero attached hydrogens (tertiary/aromatic N) is 1. The molecule has 1 aliphatic rings. The Balaban J connectivity index is 2.18. The molecule has 4 nitrogen and oxygen atoms in total. The topological polar surface area (TPSA) is 49.8 Å². The molecule has 1 amide bonds. The summed E-state index contributed by atoms with van der Waals surface area (Å²) in [5, 5.41) is 9.03. The third kappa shape index (κ3) is 2.71. The summed E-state index contributed by atoms with van der Waals surface area (Å²) >= 11 is 3.08. The molecular weight excluding hydrogens is 305 g/mol. The third-order valence-corrected chi connectivity index (χ3v) is 3.62. The lowest BCUT2D eigenvalue weighted by molar-refractivity contribution is -0.0447. The first kappa shape index (κ1) is 13.5. The smallest absolute Gasteiger partial charge is 0.255 e. The Bertz CT molecular complexity index is 455. The molecule has 6 heteroatoms. The highest BCUT2D eigenvalue weighted by atomic mass is 79.9. The molecule has 1 aromatic carbocycles. The fraction of sp³-hybridized carbons (Fsp3) is 0.417. The van der Waals surface area contributed by atoms with Crippen LogP contribution < -0.4 is 0 Å². The number of amides is 1. The van der Waals surface area contributed by atoms with E-state index in [0.717, 1.165) is 0 Å². The van der Waals surface area contributed by atoms with Crippen molar-refractivity contribution in [2.75, 3.05) is 26.3 Å². The van der Waals surface area contributed by atoms with Crippen molar-refractivity contribution in [2.24, 2.45) is 0 Å². The van der Waals surface area contributed by atoms with Crippen LogP contribution in [-0.2, 0) is 4.74 Å². The second-order valence-electron chi connectivity index (χ2n) is 4.03. The predicted molar refractivity (Wildman–Crippen MR) is 66.8 cm³/mol. The molecule has 0 aromatic heterocycles. The normalized spacial score (nSPS) is 19.9. The monoisotopic (exact) mass is 317 g/mol. The van der Waals surface area contributed by atoms with E-state index < -0.39 is 5.82 Å². The number of benzene rings is 1. The van der Waals surface area contributed by atoms with Crippen molar-refractivity contribution < 1.29 is 19.0 Å². The summed E-state index contributed by atoms with van der Waals surface area (Å²) in [6.07, 6.45) is -0.366. The van der Waals surface area contributed by atoms with Crippen LogP contribution in [0, 0.1) is 5.82 Å². The van der Waals surface area contributed by atoms with Gasteiger partial charge in [0.2, 0.25) is 0 Å². The van der Waals surface area contributed by atoms with Crippen LogP contribution in [0.25, 0.3) is 0 Å². The number of carbonyl (C=O) groups is 1. The van der Waals surface area contributed by atoms with Crippen molar-refractivity contribution in [1.29, 1.82) is 0 Å². The highest BCUT2D eigenvalue weighted by Gasteiger charge is 2.26. The molecule has 98 valence electrons. The Morgan fingerprint density at radius 2 is 2.39 bits per heavy atom. The van der Waals surface area contributed by atoms with E-state index in [0.29, 0.717) is 19.7 Å². The molecule has 0 radical (unpaired) electrons. The number of aliphatic hydroxyl groups is 1. The van der Waals surface area contributed by atoms with E-state index in [9.17, 15) is 9.18 Å². The summed E-state index contributed by atoms with van der Waals surface area (Å²) in [6.45, 7) is 1.01. The number of hydrogen-bond donors (Lipinski definition) is 1. The van der Waals surface area contributed by atoms with Crippen LogP contribution in [0.4, 0.5) is 4.39 Å². The average Bonchev–Trinajstić information content (AvgIpc) is 2.41. The molecule has 1 saturated heterocycles. The summed E-state index contributed by atoms with van der Waals surface area (Å²) in [5.41, 5.74) is 0.286. The first-order valence-corrected chi connectivity index (χ1v) is 6.38. The van der Waals surface area contributed by atoms with Gasteiger partial charge in [0.25, 0.3) is 5.91 Å². The highest BCUT2D eigenvalue weighted by molar-refractivity contribution is 9.10. The van der Waals surface area contributed by atoms with Crippen molar-refractivity contribution in [2.45, 2.75) is 6.10 Å². The predicted octanol–water partition coefficient (Wildman–Crippen LogP) is 1.42. The molecular formula is C12H13BrFNO3. The Morgan fingerprint density at radius 1 is 1.61 bits per heavy atom. The molecule has 1 aromatic rings. The van der Waals surface area contributed by atoms with Crippen molar-refractivity contribution in [3.8, 4) is 0 Å². The lowest BCUT2D eigenvalue weighted by atomic mass is 10.1. The van der Waals surface area contributed by atoms with Gasteiger partial charge in [0, 0.05) is 13.1 Å².